The Morgan fingerprint density at radius 1 is 1.23 bits per heavy atom. The number of nitrogens with zero attached hydrogens (tertiary/aromatic N) is 1. The summed E-state index contributed by atoms with van der Waals surface area (Å²) in [5.41, 5.74) is 0.323. The van der Waals surface area contributed by atoms with Gasteiger partial charge in [0, 0.05) is 0 Å². The van der Waals surface area contributed by atoms with E-state index in [1.807, 2.05) is 0 Å². The van der Waals surface area contributed by atoms with Gasteiger partial charge >= 0.3 is 58.2 Å². The van der Waals surface area contributed by atoms with Gasteiger partial charge in [0.25, 0.3) is 0 Å². The van der Waals surface area contributed by atoms with Crippen molar-refractivity contribution >= 4 is 5.91 Å². The van der Waals surface area contributed by atoms with E-state index in [0.29, 0.717) is 11.8 Å². The molecule has 68 valence electrons. The summed E-state index contributed by atoms with van der Waals surface area (Å²) in [5, 5.41) is 7.25. The maximum absolute atomic E-state index is 11.1. The maximum atomic E-state index is 11.1. The van der Waals surface area contributed by atoms with Crippen molar-refractivity contribution in [2.24, 2.45) is 5.41 Å². The Balaban J connectivity index is 0.000000845. The Morgan fingerprint density at radius 2 is 1.92 bits per heavy atom. The molecule has 0 aliphatic carbocycles. The van der Waals surface area contributed by atoms with E-state index in [-0.39, 0.29) is 64.1 Å². The minimum Gasteiger partial charge on any atom is -0.653 e. The number of amides is 1. The zero-order valence-corrected chi connectivity index (χ0v) is 13.2. The van der Waals surface area contributed by atoms with Crippen LogP contribution in [0.3, 0.4) is 0 Å². The van der Waals surface area contributed by atoms with Gasteiger partial charge in [0.2, 0.25) is 0 Å². The molecule has 2 heterocycles. The minimum absolute atomic E-state index is 0. The van der Waals surface area contributed by atoms with E-state index in [1.165, 1.54) is 0 Å². The molecule has 3 nitrogen and oxygen atoms in total. The van der Waals surface area contributed by atoms with Crippen LogP contribution in [-0.4, -0.2) is 25.5 Å². The molecule has 2 fully saturated rings. The van der Waals surface area contributed by atoms with Crippen molar-refractivity contribution in [3.63, 3.8) is 0 Å². The Bertz CT molecular complexity index is 185. The van der Waals surface area contributed by atoms with Gasteiger partial charge in [-0.1, -0.05) is 6.42 Å². The summed E-state index contributed by atoms with van der Waals surface area (Å²) in [6.07, 6.45) is 4.15. The molecule has 2 saturated heterocycles. The van der Waals surface area contributed by atoms with E-state index in [1.54, 1.807) is 0 Å². The fraction of sp³-hybridized carbons (Fsp3) is 0.889. The zero-order valence-electron chi connectivity index (χ0n) is 8.31. The Morgan fingerprint density at radius 3 is 2.54 bits per heavy atom. The number of carbonyl (C=O) groups is 1. The van der Waals surface area contributed by atoms with Crippen LogP contribution in [0.25, 0.3) is 5.32 Å². The van der Waals surface area contributed by atoms with E-state index in [0.717, 1.165) is 38.9 Å². The summed E-state index contributed by atoms with van der Waals surface area (Å²) < 4.78 is 0. The van der Waals surface area contributed by atoms with Crippen LogP contribution in [0.4, 0.5) is 0 Å². The van der Waals surface area contributed by atoms with Crippen LogP contribution in [0.5, 0.6) is 0 Å². The topological polar surface area (TPSA) is 43.2 Å². The average molecular weight is 253 g/mol. The molecule has 1 amide bonds. The van der Waals surface area contributed by atoms with E-state index < -0.39 is 0 Å². The molecule has 0 radical (unpaired) electrons. The SMILES string of the molecule is O=C1CC2(CC[N-]1)CCNCC2.[Rb+]. The quantitative estimate of drug-likeness (QED) is 0.545. The zero-order chi connectivity index (χ0) is 8.44. The molecule has 4 heteroatoms. The third-order valence-corrected chi connectivity index (χ3v) is 3.12. The largest absolute Gasteiger partial charge is 1.00 e. The predicted molar refractivity (Wildman–Crippen MR) is 47.0 cm³/mol. The van der Waals surface area contributed by atoms with Crippen molar-refractivity contribution in [1.29, 1.82) is 0 Å². The second kappa shape index (κ2) is 5.35. The molecule has 0 aromatic rings. The van der Waals surface area contributed by atoms with E-state index in [4.69, 9.17) is 0 Å². The number of piperidine rings is 2. The molecule has 0 unspecified atom stereocenters. The summed E-state index contributed by atoms with van der Waals surface area (Å²) in [7, 11) is 0. The number of rotatable bonds is 0. The minimum atomic E-state index is 0. The molecule has 2 aliphatic heterocycles. The van der Waals surface area contributed by atoms with Gasteiger partial charge in [0.1, 0.15) is 0 Å². The molecule has 0 atom stereocenters. The number of carbonyl (C=O) groups excluding carboxylic acids is 1. The molecule has 0 aromatic heterocycles. The van der Waals surface area contributed by atoms with Gasteiger partial charge in [-0.3, -0.25) is 0 Å². The van der Waals surface area contributed by atoms with Gasteiger partial charge < -0.3 is 15.4 Å². The second-order valence-corrected chi connectivity index (χ2v) is 3.95. The molecule has 2 aliphatic rings. The first-order valence-electron chi connectivity index (χ1n) is 4.72. The third-order valence-electron chi connectivity index (χ3n) is 3.12. The molecule has 0 saturated carbocycles. The number of hydrogen-bond acceptors (Lipinski definition) is 2. The molecule has 0 bridgehead atoms. The molecule has 1 spiro atoms. The molecular formula is C9H15N2ORb. The van der Waals surface area contributed by atoms with Gasteiger partial charge in [-0.15, -0.1) is 6.54 Å². The third kappa shape index (κ3) is 3.09. The fourth-order valence-electron chi connectivity index (χ4n) is 2.27. The van der Waals surface area contributed by atoms with Crippen LogP contribution >= 0.6 is 0 Å². The number of nitrogens with one attached hydrogen (secondary N) is 1. The summed E-state index contributed by atoms with van der Waals surface area (Å²) in [4.78, 5) is 11.1. The van der Waals surface area contributed by atoms with Crippen LogP contribution in [0.15, 0.2) is 0 Å². The Kier molecular flexibility index (Phi) is 5.07. The van der Waals surface area contributed by atoms with Gasteiger partial charge in [-0.05, 0) is 37.8 Å². The molecule has 2 rings (SSSR count). The summed E-state index contributed by atoms with van der Waals surface area (Å²) in [5.74, 6) is 0.128. The van der Waals surface area contributed by atoms with Crippen LogP contribution in [0.1, 0.15) is 25.7 Å². The van der Waals surface area contributed by atoms with E-state index in [2.05, 4.69) is 10.6 Å². The van der Waals surface area contributed by atoms with Crippen LogP contribution in [-0.2, 0) is 4.79 Å². The van der Waals surface area contributed by atoms with Gasteiger partial charge in [-0.2, -0.15) is 0 Å². The normalized spacial score (nSPS) is 26.3. The van der Waals surface area contributed by atoms with E-state index in [9.17, 15) is 4.79 Å². The Labute approximate surface area is 128 Å². The van der Waals surface area contributed by atoms with Crippen molar-refractivity contribution in [3.05, 3.63) is 5.32 Å². The predicted octanol–water partition coefficient (Wildman–Crippen LogP) is -1.95. The Hall–Kier alpha value is 1.24. The molecule has 0 aromatic carbocycles. The average Bonchev–Trinajstić information content (AvgIpc) is 2.05. The maximum Gasteiger partial charge on any atom is 1.00 e. The van der Waals surface area contributed by atoms with Crippen molar-refractivity contribution in [2.75, 3.05) is 19.6 Å². The molecule has 1 N–H and O–H groups in total. The first kappa shape index (κ1) is 12.3. The van der Waals surface area contributed by atoms with Crippen molar-refractivity contribution in [1.82, 2.24) is 5.32 Å². The molecule has 13 heavy (non-hydrogen) atoms. The summed E-state index contributed by atoms with van der Waals surface area (Å²) in [6, 6.07) is 0. The summed E-state index contributed by atoms with van der Waals surface area (Å²) in [6.45, 7) is 2.92. The second-order valence-electron chi connectivity index (χ2n) is 3.95. The monoisotopic (exact) mass is 252 g/mol. The van der Waals surface area contributed by atoms with Crippen molar-refractivity contribution in [3.8, 4) is 0 Å². The van der Waals surface area contributed by atoms with Crippen LogP contribution in [0, 0.1) is 5.41 Å². The standard InChI is InChI=1S/C9H16N2O.Rb/c12-8-7-9(3-6-11-8)1-4-10-5-2-9;/h10H,1-7H2,(H,11,12);/q;+1/p-1. The van der Waals surface area contributed by atoms with Gasteiger partial charge in [0.15, 0.2) is 0 Å². The number of hydrogen-bond donors (Lipinski definition) is 1. The van der Waals surface area contributed by atoms with Crippen molar-refractivity contribution < 1.29 is 63.0 Å². The van der Waals surface area contributed by atoms with Crippen LogP contribution < -0.4 is 63.5 Å². The summed E-state index contributed by atoms with van der Waals surface area (Å²) >= 11 is 0. The fourth-order valence-corrected chi connectivity index (χ4v) is 2.27. The first-order chi connectivity index (χ1) is 5.81. The first-order valence-corrected chi connectivity index (χ1v) is 4.72. The van der Waals surface area contributed by atoms with Gasteiger partial charge in [-0.25, -0.2) is 0 Å². The van der Waals surface area contributed by atoms with Gasteiger partial charge in [0.05, 0.1) is 5.91 Å². The van der Waals surface area contributed by atoms with Crippen molar-refractivity contribution in [2.45, 2.75) is 25.7 Å². The smallest absolute Gasteiger partial charge is 0.653 e. The van der Waals surface area contributed by atoms with Crippen LogP contribution in [0.2, 0.25) is 0 Å². The van der Waals surface area contributed by atoms with E-state index >= 15 is 0 Å². The molecular weight excluding hydrogens is 238 g/mol.